The van der Waals surface area contributed by atoms with Gasteiger partial charge in [0.1, 0.15) is 0 Å². The summed E-state index contributed by atoms with van der Waals surface area (Å²) in [4.78, 5) is 13.8. The zero-order valence-electron chi connectivity index (χ0n) is 11.1. The van der Waals surface area contributed by atoms with E-state index < -0.39 is 5.97 Å². The summed E-state index contributed by atoms with van der Waals surface area (Å²) in [6.45, 7) is 6.10. The van der Waals surface area contributed by atoms with Crippen LogP contribution < -0.4 is 0 Å². The van der Waals surface area contributed by atoms with E-state index in [1.165, 1.54) is 32.1 Å². The van der Waals surface area contributed by atoms with Crippen molar-refractivity contribution in [3.05, 3.63) is 0 Å². The Bertz CT molecular complexity index is 271. The van der Waals surface area contributed by atoms with Crippen LogP contribution in [0.3, 0.4) is 0 Å². The topological polar surface area (TPSA) is 40.5 Å². The molecule has 0 unspecified atom stereocenters. The van der Waals surface area contributed by atoms with Crippen molar-refractivity contribution >= 4 is 5.97 Å². The Morgan fingerprint density at radius 1 is 1.18 bits per heavy atom. The van der Waals surface area contributed by atoms with Crippen LogP contribution in [-0.4, -0.2) is 35.1 Å². The van der Waals surface area contributed by atoms with E-state index in [4.69, 9.17) is 0 Å². The second kappa shape index (κ2) is 5.38. The quantitative estimate of drug-likeness (QED) is 0.823. The van der Waals surface area contributed by atoms with Crippen molar-refractivity contribution in [3.63, 3.8) is 0 Å². The molecule has 0 amide bonds. The maximum absolute atomic E-state index is 11.3. The number of carbonyl (C=O) groups is 1. The summed E-state index contributed by atoms with van der Waals surface area (Å²) in [6, 6.07) is 0.661. The number of aliphatic carboxylic acids is 1. The van der Waals surface area contributed by atoms with Crippen LogP contribution in [0.15, 0.2) is 0 Å². The zero-order chi connectivity index (χ0) is 12.4. The van der Waals surface area contributed by atoms with E-state index in [1.54, 1.807) is 0 Å². The van der Waals surface area contributed by atoms with E-state index in [-0.39, 0.29) is 5.92 Å². The number of hydrogen-bond acceptors (Lipinski definition) is 2. The molecule has 0 bridgehead atoms. The molecule has 1 saturated carbocycles. The van der Waals surface area contributed by atoms with Crippen molar-refractivity contribution in [2.24, 2.45) is 17.8 Å². The van der Waals surface area contributed by atoms with Crippen LogP contribution in [0.5, 0.6) is 0 Å². The van der Waals surface area contributed by atoms with E-state index >= 15 is 0 Å². The Labute approximate surface area is 104 Å². The molecule has 1 N–H and O–H groups in total. The molecular formula is C14H25NO2. The third-order valence-corrected chi connectivity index (χ3v) is 4.66. The van der Waals surface area contributed by atoms with E-state index in [2.05, 4.69) is 18.7 Å². The number of likely N-dealkylation sites (tertiary alicyclic amines) is 1. The minimum absolute atomic E-state index is 0.142. The molecule has 0 spiro atoms. The standard InChI is InChI=1S/C14H25NO2/c1-10(2)12-8-15(9-13(12)14(16)17)11-6-4-3-5-7-11/h10-13H,3-9H2,1-2H3,(H,16,17)/t12-,13+/m0/s1. The summed E-state index contributed by atoms with van der Waals surface area (Å²) in [7, 11) is 0. The molecule has 0 aromatic rings. The number of rotatable bonds is 3. The van der Waals surface area contributed by atoms with Crippen LogP contribution in [0.25, 0.3) is 0 Å². The lowest BCUT2D eigenvalue weighted by molar-refractivity contribution is -0.143. The second-order valence-corrected chi connectivity index (χ2v) is 6.10. The van der Waals surface area contributed by atoms with Crippen LogP contribution in [0.2, 0.25) is 0 Å². The highest BCUT2D eigenvalue weighted by Crippen LogP contribution is 2.34. The summed E-state index contributed by atoms with van der Waals surface area (Å²) >= 11 is 0. The molecule has 2 atom stereocenters. The Balaban J connectivity index is 2.00. The fourth-order valence-electron chi connectivity index (χ4n) is 3.54. The average Bonchev–Trinajstić information content (AvgIpc) is 2.75. The maximum Gasteiger partial charge on any atom is 0.308 e. The highest BCUT2D eigenvalue weighted by atomic mass is 16.4. The molecule has 0 radical (unpaired) electrons. The van der Waals surface area contributed by atoms with Gasteiger partial charge in [0.25, 0.3) is 0 Å². The SMILES string of the molecule is CC(C)[C@@H]1CN(C2CCCCC2)C[C@H]1C(=O)O. The first-order valence-corrected chi connectivity index (χ1v) is 7.06. The van der Waals surface area contributed by atoms with Gasteiger partial charge in [0, 0.05) is 19.1 Å². The van der Waals surface area contributed by atoms with E-state index in [0.717, 1.165) is 13.1 Å². The Hall–Kier alpha value is -0.570. The molecule has 1 heterocycles. The molecule has 98 valence electrons. The average molecular weight is 239 g/mol. The molecule has 2 aliphatic rings. The fourth-order valence-corrected chi connectivity index (χ4v) is 3.54. The number of nitrogens with zero attached hydrogens (tertiary/aromatic N) is 1. The van der Waals surface area contributed by atoms with Gasteiger partial charge in [0.15, 0.2) is 0 Å². The van der Waals surface area contributed by atoms with Gasteiger partial charge in [0.05, 0.1) is 5.92 Å². The lowest BCUT2D eigenvalue weighted by atomic mass is 9.86. The van der Waals surface area contributed by atoms with E-state index in [0.29, 0.717) is 17.9 Å². The normalized spacial score (nSPS) is 32.2. The molecule has 1 aliphatic carbocycles. The van der Waals surface area contributed by atoms with Gasteiger partial charge in [-0.05, 0) is 24.7 Å². The molecule has 0 aromatic carbocycles. The van der Waals surface area contributed by atoms with Crippen molar-refractivity contribution < 1.29 is 9.90 Å². The smallest absolute Gasteiger partial charge is 0.308 e. The number of carboxylic acids is 1. The first-order chi connectivity index (χ1) is 8.09. The maximum atomic E-state index is 11.3. The summed E-state index contributed by atoms with van der Waals surface area (Å²) in [5.41, 5.74) is 0. The summed E-state index contributed by atoms with van der Waals surface area (Å²) in [5, 5.41) is 9.32. The van der Waals surface area contributed by atoms with E-state index in [1.807, 2.05) is 0 Å². The predicted octanol–water partition coefficient (Wildman–Crippen LogP) is 2.61. The Morgan fingerprint density at radius 3 is 2.29 bits per heavy atom. The Morgan fingerprint density at radius 2 is 1.82 bits per heavy atom. The number of hydrogen-bond donors (Lipinski definition) is 1. The van der Waals surface area contributed by atoms with Crippen molar-refractivity contribution in [1.82, 2.24) is 4.90 Å². The minimum Gasteiger partial charge on any atom is -0.481 e. The molecule has 17 heavy (non-hydrogen) atoms. The van der Waals surface area contributed by atoms with E-state index in [9.17, 15) is 9.90 Å². The van der Waals surface area contributed by atoms with Gasteiger partial charge in [-0.1, -0.05) is 33.1 Å². The lowest BCUT2D eigenvalue weighted by Crippen LogP contribution is -2.35. The van der Waals surface area contributed by atoms with Gasteiger partial charge >= 0.3 is 5.97 Å². The molecule has 0 aromatic heterocycles. The van der Waals surface area contributed by atoms with Gasteiger partial charge in [0.2, 0.25) is 0 Å². The van der Waals surface area contributed by atoms with Crippen LogP contribution in [0, 0.1) is 17.8 Å². The fraction of sp³-hybridized carbons (Fsp3) is 0.929. The Kier molecular flexibility index (Phi) is 4.08. The molecule has 3 heteroatoms. The monoisotopic (exact) mass is 239 g/mol. The second-order valence-electron chi connectivity index (χ2n) is 6.10. The molecule has 2 fully saturated rings. The summed E-state index contributed by atoms with van der Waals surface area (Å²) < 4.78 is 0. The van der Waals surface area contributed by atoms with Gasteiger partial charge in [-0.15, -0.1) is 0 Å². The van der Waals surface area contributed by atoms with Crippen molar-refractivity contribution in [2.45, 2.75) is 52.0 Å². The molecular weight excluding hydrogens is 214 g/mol. The first-order valence-electron chi connectivity index (χ1n) is 7.06. The molecule has 1 aliphatic heterocycles. The largest absolute Gasteiger partial charge is 0.481 e. The predicted molar refractivity (Wildman–Crippen MR) is 67.9 cm³/mol. The van der Waals surface area contributed by atoms with Crippen molar-refractivity contribution in [2.75, 3.05) is 13.1 Å². The van der Waals surface area contributed by atoms with Gasteiger partial charge < -0.3 is 5.11 Å². The van der Waals surface area contributed by atoms with Gasteiger partial charge in [-0.2, -0.15) is 0 Å². The molecule has 1 saturated heterocycles. The summed E-state index contributed by atoms with van der Waals surface area (Å²) in [6.07, 6.45) is 6.56. The van der Waals surface area contributed by atoms with Crippen LogP contribution >= 0.6 is 0 Å². The molecule has 3 nitrogen and oxygen atoms in total. The summed E-state index contributed by atoms with van der Waals surface area (Å²) in [5.74, 6) is 0.0815. The minimum atomic E-state index is -0.595. The van der Waals surface area contributed by atoms with Crippen LogP contribution in [-0.2, 0) is 4.79 Å². The highest BCUT2D eigenvalue weighted by molar-refractivity contribution is 5.71. The highest BCUT2D eigenvalue weighted by Gasteiger charge is 2.41. The van der Waals surface area contributed by atoms with Crippen molar-refractivity contribution in [3.8, 4) is 0 Å². The van der Waals surface area contributed by atoms with Gasteiger partial charge in [-0.25, -0.2) is 0 Å². The van der Waals surface area contributed by atoms with Crippen LogP contribution in [0.4, 0.5) is 0 Å². The lowest BCUT2D eigenvalue weighted by Gasteiger charge is -2.31. The van der Waals surface area contributed by atoms with Crippen LogP contribution in [0.1, 0.15) is 46.0 Å². The van der Waals surface area contributed by atoms with Crippen molar-refractivity contribution in [1.29, 1.82) is 0 Å². The number of carboxylic acid groups (broad SMARTS) is 1. The first kappa shape index (κ1) is 12.9. The third kappa shape index (κ3) is 2.82. The zero-order valence-corrected chi connectivity index (χ0v) is 11.1. The molecule has 2 rings (SSSR count). The van der Waals surface area contributed by atoms with Gasteiger partial charge in [-0.3, -0.25) is 9.69 Å². The third-order valence-electron chi connectivity index (χ3n) is 4.66.